The summed E-state index contributed by atoms with van der Waals surface area (Å²) < 4.78 is 41.7. The Bertz CT molecular complexity index is 635. The molecule has 1 aromatic carbocycles. The van der Waals surface area contributed by atoms with Gasteiger partial charge in [0.2, 0.25) is 17.5 Å². The molecule has 0 aliphatic rings. The molecule has 1 unspecified atom stereocenters. The first-order chi connectivity index (χ1) is 9.29. The summed E-state index contributed by atoms with van der Waals surface area (Å²) in [6, 6.07) is 7.11. The number of carbonyl (C=O) groups is 1. The van der Waals surface area contributed by atoms with Crippen LogP contribution < -0.4 is 0 Å². The molecule has 0 N–H and O–H groups in total. The van der Waals surface area contributed by atoms with Crippen molar-refractivity contribution in [1.82, 2.24) is 10.1 Å². The number of rotatable bonds is 3. The van der Waals surface area contributed by atoms with E-state index in [1.165, 1.54) is 0 Å². The van der Waals surface area contributed by atoms with Gasteiger partial charge in [0.05, 0.1) is 0 Å². The zero-order valence-corrected chi connectivity index (χ0v) is 10.7. The fourth-order valence-electron chi connectivity index (χ4n) is 1.67. The molecule has 106 valence electrons. The van der Waals surface area contributed by atoms with Gasteiger partial charge in [-0.1, -0.05) is 28.9 Å². The van der Waals surface area contributed by atoms with Gasteiger partial charge >= 0.3 is 6.18 Å². The number of nitrogens with zero attached hydrogens (tertiary/aromatic N) is 2. The number of aromatic nitrogens is 2. The van der Waals surface area contributed by atoms with Crippen molar-refractivity contribution in [1.29, 1.82) is 0 Å². The minimum atomic E-state index is -4.92. The Labute approximate surface area is 112 Å². The molecule has 0 radical (unpaired) electrons. The van der Waals surface area contributed by atoms with Gasteiger partial charge < -0.3 is 4.52 Å². The zero-order valence-electron chi connectivity index (χ0n) is 10.7. The first-order valence-electron chi connectivity index (χ1n) is 5.80. The molecule has 0 aliphatic heterocycles. The molecule has 7 heteroatoms. The molecule has 20 heavy (non-hydrogen) atoms. The molecule has 2 aromatic rings. The van der Waals surface area contributed by atoms with Gasteiger partial charge in [0.1, 0.15) is 5.92 Å². The summed E-state index contributed by atoms with van der Waals surface area (Å²) in [5.41, 5.74) is 1.57. The molecule has 0 saturated carbocycles. The van der Waals surface area contributed by atoms with Crippen LogP contribution in [0.4, 0.5) is 13.2 Å². The summed E-state index contributed by atoms with van der Waals surface area (Å²) in [4.78, 5) is 15.0. The topological polar surface area (TPSA) is 56.0 Å². The van der Waals surface area contributed by atoms with Gasteiger partial charge in [0.15, 0.2) is 0 Å². The number of aryl methyl sites for hydroxylation is 1. The van der Waals surface area contributed by atoms with Crippen LogP contribution in [0.2, 0.25) is 0 Å². The number of Topliss-reactive ketones (excluding diaryl/α,β-unsaturated/α-hetero) is 1. The minimum absolute atomic E-state index is 0.158. The van der Waals surface area contributed by atoms with Gasteiger partial charge in [-0.15, -0.1) is 0 Å². The van der Waals surface area contributed by atoms with E-state index in [4.69, 9.17) is 4.52 Å². The van der Waals surface area contributed by atoms with E-state index in [9.17, 15) is 18.0 Å². The molecule has 1 heterocycles. The number of hydrogen-bond donors (Lipinski definition) is 0. The molecule has 1 atom stereocenters. The summed E-state index contributed by atoms with van der Waals surface area (Å²) in [5.74, 6) is -3.60. The van der Waals surface area contributed by atoms with Crippen molar-refractivity contribution in [3.63, 3.8) is 0 Å². The molecule has 4 nitrogen and oxygen atoms in total. The third-order valence-corrected chi connectivity index (χ3v) is 2.76. The number of ketones is 1. The predicted octanol–water partition coefficient (Wildman–Crippen LogP) is 3.28. The third-order valence-electron chi connectivity index (χ3n) is 2.76. The summed E-state index contributed by atoms with van der Waals surface area (Å²) in [7, 11) is 0. The molecule has 0 spiro atoms. The average molecular weight is 284 g/mol. The zero-order chi connectivity index (χ0) is 14.9. The molecule has 0 saturated heterocycles. The first kappa shape index (κ1) is 14.2. The fourth-order valence-corrected chi connectivity index (χ4v) is 1.67. The number of benzene rings is 1. The van der Waals surface area contributed by atoms with Crippen LogP contribution >= 0.6 is 0 Å². The number of halogens is 3. The van der Waals surface area contributed by atoms with Crippen LogP contribution in [0.1, 0.15) is 24.3 Å². The van der Waals surface area contributed by atoms with Crippen LogP contribution in [0.15, 0.2) is 28.8 Å². The lowest BCUT2D eigenvalue weighted by atomic mass is 10.1. The monoisotopic (exact) mass is 284 g/mol. The standard InChI is InChI=1S/C13H11F3N2O2/c1-7-4-3-5-9(6-7)11-17-12(20-18-11)8(2)10(19)13(14,15)16/h3-6,8H,1-2H3. The lowest BCUT2D eigenvalue weighted by Crippen LogP contribution is -2.27. The van der Waals surface area contributed by atoms with E-state index >= 15 is 0 Å². The number of carbonyl (C=O) groups excluding carboxylic acids is 1. The first-order valence-corrected chi connectivity index (χ1v) is 5.80. The molecule has 1 aromatic heterocycles. The van der Waals surface area contributed by atoms with E-state index in [0.29, 0.717) is 5.56 Å². The van der Waals surface area contributed by atoms with Crippen molar-refractivity contribution in [2.45, 2.75) is 25.9 Å². The maximum atomic E-state index is 12.3. The normalized spacial score (nSPS) is 13.2. The third kappa shape index (κ3) is 2.87. The minimum Gasteiger partial charge on any atom is -0.338 e. The highest BCUT2D eigenvalue weighted by atomic mass is 19.4. The Morgan fingerprint density at radius 2 is 2.05 bits per heavy atom. The SMILES string of the molecule is Cc1cccc(-c2noc(C(C)C(=O)C(F)(F)F)n2)c1. The molecule has 0 aliphatic carbocycles. The Balaban J connectivity index is 2.28. The molecule has 0 bridgehead atoms. The van der Waals surface area contributed by atoms with Crippen LogP contribution in [0.25, 0.3) is 11.4 Å². The molecule has 0 fully saturated rings. The van der Waals surface area contributed by atoms with Crippen LogP contribution in [-0.4, -0.2) is 22.1 Å². The fraction of sp³-hybridized carbons (Fsp3) is 0.308. The Morgan fingerprint density at radius 1 is 1.35 bits per heavy atom. The summed E-state index contributed by atoms with van der Waals surface area (Å²) in [6.45, 7) is 2.95. The second-order valence-corrected chi connectivity index (χ2v) is 4.41. The van der Waals surface area contributed by atoms with Gasteiger partial charge in [0.25, 0.3) is 0 Å². The van der Waals surface area contributed by atoms with Gasteiger partial charge in [0, 0.05) is 5.56 Å². The lowest BCUT2D eigenvalue weighted by molar-refractivity contribution is -0.172. The Morgan fingerprint density at radius 3 is 2.65 bits per heavy atom. The van der Waals surface area contributed by atoms with Crippen molar-refractivity contribution in [3.05, 3.63) is 35.7 Å². The van der Waals surface area contributed by atoms with Crippen molar-refractivity contribution < 1.29 is 22.5 Å². The van der Waals surface area contributed by atoms with Gasteiger partial charge in [-0.05, 0) is 19.9 Å². The highest BCUT2D eigenvalue weighted by Gasteiger charge is 2.44. The average Bonchev–Trinajstić information content (AvgIpc) is 2.85. The van der Waals surface area contributed by atoms with Crippen molar-refractivity contribution in [2.24, 2.45) is 0 Å². The maximum absolute atomic E-state index is 12.3. The summed E-state index contributed by atoms with van der Waals surface area (Å²) in [5, 5.41) is 3.61. The van der Waals surface area contributed by atoms with E-state index in [1.54, 1.807) is 18.2 Å². The smallest absolute Gasteiger partial charge is 0.338 e. The van der Waals surface area contributed by atoms with Crippen molar-refractivity contribution >= 4 is 5.78 Å². The van der Waals surface area contributed by atoms with Crippen LogP contribution in [0.5, 0.6) is 0 Å². The Hall–Kier alpha value is -2.18. The van der Waals surface area contributed by atoms with E-state index < -0.39 is 17.9 Å². The predicted molar refractivity (Wildman–Crippen MR) is 63.9 cm³/mol. The van der Waals surface area contributed by atoms with Crippen LogP contribution in [0, 0.1) is 6.92 Å². The highest BCUT2D eigenvalue weighted by molar-refractivity contribution is 5.89. The number of alkyl halides is 3. The van der Waals surface area contributed by atoms with Gasteiger partial charge in [-0.3, -0.25) is 4.79 Å². The summed E-state index contributed by atoms with van der Waals surface area (Å²) in [6.07, 6.45) is -4.92. The quantitative estimate of drug-likeness (QED) is 0.868. The van der Waals surface area contributed by atoms with E-state index in [2.05, 4.69) is 10.1 Å². The largest absolute Gasteiger partial charge is 0.450 e. The molecular weight excluding hydrogens is 273 g/mol. The van der Waals surface area contributed by atoms with Crippen LogP contribution in [-0.2, 0) is 4.79 Å². The van der Waals surface area contributed by atoms with Crippen molar-refractivity contribution in [3.8, 4) is 11.4 Å². The van der Waals surface area contributed by atoms with Gasteiger partial charge in [-0.2, -0.15) is 18.2 Å². The summed E-state index contributed by atoms with van der Waals surface area (Å²) >= 11 is 0. The number of hydrogen-bond acceptors (Lipinski definition) is 4. The van der Waals surface area contributed by atoms with Crippen molar-refractivity contribution in [2.75, 3.05) is 0 Å². The highest BCUT2D eigenvalue weighted by Crippen LogP contribution is 2.27. The molecular formula is C13H11F3N2O2. The molecule has 0 amide bonds. The van der Waals surface area contributed by atoms with E-state index in [-0.39, 0.29) is 11.7 Å². The second kappa shape index (κ2) is 5.07. The van der Waals surface area contributed by atoms with Gasteiger partial charge in [-0.25, -0.2) is 0 Å². The maximum Gasteiger partial charge on any atom is 0.450 e. The van der Waals surface area contributed by atoms with E-state index in [1.807, 2.05) is 13.0 Å². The van der Waals surface area contributed by atoms with E-state index in [0.717, 1.165) is 12.5 Å². The Kier molecular flexibility index (Phi) is 3.61. The lowest BCUT2D eigenvalue weighted by Gasteiger charge is -2.08. The second-order valence-electron chi connectivity index (χ2n) is 4.41. The van der Waals surface area contributed by atoms with Crippen LogP contribution in [0.3, 0.4) is 0 Å². The molecule has 2 rings (SSSR count).